The lowest BCUT2D eigenvalue weighted by atomic mass is 9.96. The Morgan fingerprint density at radius 1 is 1.04 bits per heavy atom. The van der Waals surface area contributed by atoms with Crippen LogP contribution in [0.3, 0.4) is 0 Å². The first kappa shape index (κ1) is 14.8. The topological polar surface area (TPSA) is 83.6 Å². The fraction of sp³-hybridized carbons (Fsp3) is 0.333. The fourth-order valence-electron chi connectivity index (χ4n) is 3.16. The number of nitrogens with zero attached hydrogens (tertiary/aromatic N) is 3. The molecule has 0 bridgehead atoms. The van der Waals surface area contributed by atoms with Crippen LogP contribution in [0, 0.1) is 0 Å². The van der Waals surface area contributed by atoms with Crippen molar-refractivity contribution >= 4 is 17.0 Å². The molecule has 2 aromatic heterocycles. The molecule has 24 heavy (non-hydrogen) atoms. The molecule has 1 aliphatic rings. The monoisotopic (exact) mass is 321 g/mol. The lowest BCUT2D eigenvalue weighted by Crippen LogP contribution is -2.23. The average Bonchev–Trinajstić information content (AvgIpc) is 2.63. The van der Waals surface area contributed by atoms with Gasteiger partial charge in [0, 0.05) is 17.8 Å². The second kappa shape index (κ2) is 6.39. The number of fused-ring (bicyclic) bond motifs is 1. The van der Waals surface area contributed by atoms with Gasteiger partial charge in [-0.05, 0) is 12.8 Å². The summed E-state index contributed by atoms with van der Waals surface area (Å²) < 4.78 is 0. The quantitative estimate of drug-likeness (QED) is 0.774. The van der Waals surface area contributed by atoms with Gasteiger partial charge in [-0.15, -0.1) is 0 Å². The van der Waals surface area contributed by atoms with Crippen LogP contribution in [0.25, 0.3) is 22.4 Å². The van der Waals surface area contributed by atoms with Gasteiger partial charge in [-0.25, -0.2) is 9.97 Å². The van der Waals surface area contributed by atoms with E-state index in [-0.39, 0.29) is 5.56 Å². The first-order valence-corrected chi connectivity index (χ1v) is 8.38. The molecule has 2 N–H and O–H groups in total. The zero-order chi connectivity index (χ0) is 16.4. The first-order valence-electron chi connectivity index (χ1n) is 8.38. The predicted octanol–water partition coefficient (Wildman–Crippen LogP) is 3.12. The van der Waals surface area contributed by atoms with Crippen LogP contribution in [-0.2, 0) is 0 Å². The Morgan fingerprint density at radius 2 is 1.83 bits per heavy atom. The average molecular weight is 321 g/mol. The van der Waals surface area contributed by atoms with Crippen LogP contribution >= 0.6 is 0 Å². The van der Waals surface area contributed by atoms with Gasteiger partial charge in [0.1, 0.15) is 11.2 Å². The Labute approximate surface area is 139 Å². The summed E-state index contributed by atoms with van der Waals surface area (Å²) >= 11 is 0. The van der Waals surface area contributed by atoms with E-state index in [1.807, 2.05) is 30.3 Å². The Kier molecular flexibility index (Phi) is 3.94. The van der Waals surface area contributed by atoms with Crippen molar-refractivity contribution in [2.45, 2.75) is 38.1 Å². The number of hydrogen-bond donors (Lipinski definition) is 2. The van der Waals surface area contributed by atoms with E-state index in [0.29, 0.717) is 28.8 Å². The van der Waals surface area contributed by atoms with Gasteiger partial charge in [-0.3, -0.25) is 4.79 Å². The summed E-state index contributed by atoms with van der Waals surface area (Å²) in [6.45, 7) is 0. The molecule has 0 saturated heterocycles. The van der Waals surface area contributed by atoms with Gasteiger partial charge in [0.05, 0.1) is 0 Å². The maximum Gasteiger partial charge on any atom is 0.262 e. The van der Waals surface area contributed by atoms with Crippen LogP contribution < -0.4 is 10.9 Å². The molecule has 0 aliphatic heterocycles. The lowest BCUT2D eigenvalue weighted by molar-refractivity contribution is 0.461. The van der Waals surface area contributed by atoms with Crippen LogP contribution in [0.1, 0.15) is 32.1 Å². The largest absolute Gasteiger partial charge is 0.351 e. The molecule has 4 rings (SSSR count). The summed E-state index contributed by atoms with van der Waals surface area (Å²) in [5, 5.41) is 3.78. The Morgan fingerprint density at radius 3 is 2.62 bits per heavy atom. The maximum atomic E-state index is 12.3. The Hall–Kier alpha value is -2.76. The van der Waals surface area contributed by atoms with E-state index in [1.165, 1.54) is 19.3 Å². The molecule has 122 valence electrons. The number of benzene rings is 1. The molecule has 0 amide bonds. The van der Waals surface area contributed by atoms with Crippen LogP contribution in [0.15, 0.2) is 41.3 Å². The highest BCUT2D eigenvalue weighted by molar-refractivity contribution is 5.75. The minimum Gasteiger partial charge on any atom is -0.351 e. The van der Waals surface area contributed by atoms with E-state index >= 15 is 0 Å². The molecule has 6 heteroatoms. The van der Waals surface area contributed by atoms with Gasteiger partial charge in [0.2, 0.25) is 5.95 Å². The van der Waals surface area contributed by atoms with Crippen molar-refractivity contribution in [2.75, 3.05) is 5.32 Å². The minimum atomic E-state index is -0.219. The molecule has 0 spiro atoms. The molecule has 6 nitrogen and oxygen atoms in total. The van der Waals surface area contributed by atoms with Crippen LogP contribution in [0.5, 0.6) is 0 Å². The van der Waals surface area contributed by atoms with Gasteiger partial charge in [0.25, 0.3) is 5.56 Å². The normalized spacial score (nSPS) is 15.5. The number of hydrogen-bond acceptors (Lipinski definition) is 5. The highest BCUT2D eigenvalue weighted by Crippen LogP contribution is 2.21. The lowest BCUT2D eigenvalue weighted by Gasteiger charge is -2.22. The Balaban J connectivity index is 1.70. The molecule has 0 atom stereocenters. The maximum absolute atomic E-state index is 12.3. The zero-order valence-electron chi connectivity index (χ0n) is 13.3. The highest BCUT2D eigenvalue weighted by Gasteiger charge is 2.15. The van der Waals surface area contributed by atoms with Crippen molar-refractivity contribution in [3.8, 4) is 11.4 Å². The van der Waals surface area contributed by atoms with E-state index in [9.17, 15) is 4.79 Å². The molecule has 1 aromatic carbocycles. The van der Waals surface area contributed by atoms with Gasteiger partial charge < -0.3 is 10.3 Å². The van der Waals surface area contributed by atoms with Gasteiger partial charge in [-0.1, -0.05) is 49.6 Å². The SMILES string of the molecule is O=c1[nH]c(-c2ccccc2)nc2nc(NC3CCCCC3)ncc12. The molecular weight excluding hydrogens is 302 g/mol. The fourth-order valence-corrected chi connectivity index (χ4v) is 3.16. The third-order valence-electron chi connectivity index (χ3n) is 4.45. The summed E-state index contributed by atoms with van der Waals surface area (Å²) in [4.78, 5) is 28.3. The number of anilines is 1. The van der Waals surface area contributed by atoms with Crippen molar-refractivity contribution in [1.29, 1.82) is 0 Å². The molecule has 0 radical (unpaired) electrons. The van der Waals surface area contributed by atoms with E-state index < -0.39 is 0 Å². The van der Waals surface area contributed by atoms with Crippen LogP contribution in [-0.4, -0.2) is 26.0 Å². The van der Waals surface area contributed by atoms with Crippen LogP contribution in [0.2, 0.25) is 0 Å². The number of aromatic nitrogens is 4. The zero-order valence-corrected chi connectivity index (χ0v) is 13.3. The predicted molar refractivity (Wildman–Crippen MR) is 93.9 cm³/mol. The number of rotatable bonds is 3. The number of nitrogens with one attached hydrogen (secondary N) is 2. The smallest absolute Gasteiger partial charge is 0.262 e. The van der Waals surface area contributed by atoms with E-state index in [0.717, 1.165) is 18.4 Å². The van der Waals surface area contributed by atoms with E-state index in [4.69, 9.17) is 0 Å². The summed E-state index contributed by atoms with van der Waals surface area (Å²) in [6.07, 6.45) is 7.60. The van der Waals surface area contributed by atoms with Crippen LogP contribution in [0.4, 0.5) is 5.95 Å². The first-order chi connectivity index (χ1) is 11.8. The standard InChI is InChI=1S/C18H19N5O/c24-17-14-11-19-18(20-13-9-5-2-6-10-13)23-16(14)21-15(22-17)12-7-3-1-4-8-12/h1,3-4,7-8,11,13H,2,5-6,9-10H2,(H2,19,20,21,22,23,24). The van der Waals surface area contributed by atoms with Crippen molar-refractivity contribution in [3.63, 3.8) is 0 Å². The molecule has 1 aliphatic carbocycles. The second-order valence-corrected chi connectivity index (χ2v) is 6.19. The van der Waals surface area contributed by atoms with Crippen molar-refractivity contribution < 1.29 is 0 Å². The summed E-state index contributed by atoms with van der Waals surface area (Å²) in [5.74, 6) is 1.07. The number of aromatic amines is 1. The minimum absolute atomic E-state index is 0.219. The number of H-pyrrole nitrogens is 1. The van der Waals surface area contributed by atoms with Crippen molar-refractivity contribution in [2.24, 2.45) is 0 Å². The second-order valence-electron chi connectivity index (χ2n) is 6.19. The molecule has 3 aromatic rings. The molecule has 1 fully saturated rings. The summed E-state index contributed by atoms with van der Waals surface area (Å²) in [7, 11) is 0. The third kappa shape index (κ3) is 2.99. The molecular formula is C18H19N5O. The summed E-state index contributed by atoms with van der Waals surface area (Å²) in [5.41, 5.74) is 1.06. The summed E-state index contributed by atoms with van der Waals surface area (Å²) in [6, 6.07) is 9.98. The molecule has 0 unspecified atom stereocenters. The van der Waals surface area contributed by atoms with E-state index in [2.05, 4.69) is 25.3 Å². The molecule has 1 saturated carbocycles. The van der Waals surface area contributed by atoms with Gasteiger partial charge in [0.15, 0.2) is 5.65 Å². The molecule has 2 heterocycles. The highest BCUT2D eigenvalue weighted by atomic mass is 16.1. The van der Waals surface area contributed by atoms with E-state index in [1.54, 1.807) is 6.20 Å². The Bertz CT molecular complexity index is 900. The van der Waals surface area contributed by atoms with Gasteiger partial charge >= 0.3 is 0 Å². The van der Waals surface area contributed by atoms with Crippen molar-refractivity contribution in [3.05, 3.63) is 46.9 Å². The van der Waals surface area contributed by atoms with Gasteiger partial charge in [-0.2, -0.15) is 4.98 Å². The third-order valence-corrected chi connectivity index (χ3v) is 4.45. The van der Waals surface area contributed by atoms with Crippen molar-refractivity contribution in [1.82, 2.24) is 19.9 Å².